The van der Waals surface area contributed by atoms with Crippen molar-refractivity contribution in [1.29, 1.82) is 0 Å². The van der Waals surface area contributed by atoms with Crippen LogP contribution in [0.1, 0.15) is 0 Å². The molecule has 0 aromatic carbocycles. The highest BCUT2D eigenvalue weighted by Gasteiger charge is 1.84. The van der Waals surface area contributed by atoms with Gasteiger partial charge in [0.15, 0.2) is 0 Å². The summed E-state index contributed by atoms with van der Waals surface area (Å²) in [5.74, 6) is 0. The maximum absolute atomic E-state index is 3.20. The summed E-state index contributed by atoms with van der Waals surface area (Å²) >= 11 is 0. The molecule has 0 saturated carbocycles. The van der Waals surface area contributed by atoms with Crippen molar-refractivity contribution in [2.24, 2.45) is 0 Å². The second-order valence-corrected chi connectivity index (χ2v) is 1.56. The molecule has 0 radical (unpaired) electrons. The highest BCUT2D eigenvalue weighted by molar-refractivity contribution is 4.84. The molecule has 2 heteroatoms. The van der Waals surface area contributed by atoms with Crippen LogP contribution in [0, 0.1) is 0 Å². The summed E-state index contributed by atoms with van der Waals surface area (Å²) in [5, 5.41) is 6.30. The monoisotopic (exact) mass is 98.1 g/mol. The summed E-state index contributed by atoms with van der Waals surface area (Å²) in [6, 6.07) is 0. The molecular weight excluding hydrogens is 88.1 g/mol. The standard InChI is InChI=1S/C5H10N2/c1-2-6-4-5-7-3-1/h1-2,6-7H,3-5H2. The van der Waals surface area contributed by atoms with Crippen molar-refractivity contribution in [2.45, 2.75) is 0 Å². The largest absolute Gasteiger partial charge is 0.390 e. The van der Waals surface area contributed by atoms with Gasteiger partial charge in [0, 0.05) is 19.6 Å². The van der Waals surface area contributed by atoms with E-state index in [1.165, 1.54) is 0 Å². The highest BCUT2D eigenvalue weighted by Crippen LogP contribution is 1.70. The van der Waals surface area contributed by atoms with Gasteiger partial charge < -0.3 is 10.6 Å². The van der Waals surface area contributed by atoms with Crippen molar-refractivity contribution in [3.8, 4) is 0 Å². The normalized spacial score (nSPS) is 20.6. The summed E-state index contributed by atoms with van der Waals surface area (Å²) in [6.07, 6.45) is 4.06. The van der Waals surface area contributed by atoms with Gasteiger partial charge in [0.05, 0.1) is 0 Å². The van der Waals surface area contributed by atoms with Gasteiger partial charge in [-0.05, 0) is 6.20 Å². The molecule has 0 bridgehead atoms. The molecule has 1 heterocycles. The maximum Gasteiger partial charge on any atom is 0.0266 e. The lowest BCUT2D eigenvalue weighted by Crippen LogP contribution is -2.20. The van der Waals surface area contributed by atoms with Crippen LogP contribution in [0.4, 0.5) is 0 Å². The predicted octanol–water partition coefficient (Wildman–Crippen LogP) is -0.307. The molecule has 0 unspecified atom stereocenters. The smallest absolute Gasteiger partial charge is 0.0266 e. The fourth-order valence-electron chi connectivity index (χ4n) is 0.572. The minimum atomic E-state index is 1.01. The van der Waals surface area contributed by atoms with Crippen LogP contribution in [0.2, 0.25) is 0 Å². The van der Waals surface area contributed by atoms with Gasteiger partial charge in [-0.3, -0.25) is 0 Å². The first-order valence-corrected chi connectivity index (χ1v) is 2.59. The summed E-state index contributed by atoms with van der Waals surface area (Å²) < 4.78 is 0. The lowest BCUT2D eigenvalue weighted by molar-refractivity contribution is 0.732. The first-order valence-electron chi connectivity index (χ1n) is 2.59. The van der Waals surface area contributed by atoms with E-state index in [1.807, 2.05) is 6.20 Å². The zero-order valence-corrected chi connectivity index (χ0v) is 4.28. The van der Waals surface area contributed by atoms with Crippen LogP contribution in [0.5, 0.6) is 0 Å². The zero-order valence-electron chi connectivity index (χ0n) is 4.28. The van der Waals surface area contributed by atoms with Gasteiger partial charge in [-0.25, -0.2) is 0 Å². The minimum Gasteiger partial charge on any atom is -0.390 e. The van der Waals surface area contributed by atoms with Gasteiger partial charge in [0.1, 0.15) is 0 Å². The van der Waals surface area contributed by atoms with E-state index in [9.17, 15) is 0 Å². The van der Waals surface area contributed by atoms with Crippen molar-refractivity contribution in [2.75, 3.05) is 19.6 Å². The van der Waals surface area contributed by atoms with Crippen LogP contribution >= 0.6 is 0 Å². The Morgan fingerprint density at radius 1 is 1.29 bits per heavy atom. The Morgan fingerprint density at radius 3 is 3.29 bits per heavy atom. The van der Waals surface area contributed by atoms with E-state index >= 15 is 0 Å². The number of rotatable bonds is 0. The molecule has 2 N–H and O–H groups in total. The minimum absolute atomic E-state index is 1.01. The Balaban J connectivity index is 2.20. The molecule has 1 aliphatic heterocycles. The van der Waals surface area contributed by atoms with Crippen LogP contribution < -0.4 is 10.6 Å². The van der Waals surface area contributed by atoms with Crippen LogP contribution in [-0.2, 0) is 0 Å². The molecule has 0 aliphatic carbocycles. The first-order chi connectivity index (χ1) is 3.50. The lowest BCUT2D eigenvalue weighted by Gasteiger charge is -1.93. The fourth-order valence-corrected chi connectivity index (χ4v) is 0.572. The zero-order chi connectivity index (χ0) is 4.95. The van der Waals surface area contributed by atoms with Crippen molar-refractivity contribution < 1.29 is 0 Å². The topological polar surface area (TPSA) is 24.1 Å². The third-order valence-corrected chi connectivity index (χ3v) is 0.944. The van der Waals surface area contributed by atoms with Crippen LogP contribution in [0.25, 0.3) is 0 Å². The SMILES string of the molecule is C1=CNCCNC1. The first kappa shape index (κ1) is 4.65. The van der Waals surface area contributed by atoms with Crippen LogP contribution in [0.15, 0.2) is 12.3 Å². The van der Waals surface area contributed by atoms with Crippen LogP contribution in [-0.4, -0.2) is 19.6 Å². The van der Waals surface area contributed by atoms with Crippen molar-refractivity contribution in [3.05, 3.63) is 12.3 Å². The average molecular weight is 98.1 g/mol. The molecule has 1 aliphatic rings. The molecule has 1 rings (SSSR count). The third-order valence-electron chi connectivity index (χ3n) is 0.944. The van der Waals surface area contributed by atoms with E-state index in [0.29, 0.717) is 0 Å². The molecule has 40 valence electrons. The fraction of sp³-hybridized carbons (Fsp3) is 0.600. The van der Waals surface area contributed by atoms with Gasteiger partial charge in [0.2, 0.25) is 0 Å². The van der Waals surface area contributed by atoms with Gasteiger partial charge in [-0.2, -0.15) is 0 Å². The quantitative estimate of drug-likeness (QED) is 0.434. The van der Waals surface area contributed by atoms with E-state index < -0.39 is 0 Å². The van der Waals surface area contributed by atoms with Gasteiger partial charge in [-0.1, -0.05) is 6.08 Å². The third kappa shape index (κ3) is 1.59. The lowest BCUT2D eigenvalue weighted by atomic mass is 10.6. The number of hydrogen-bond donors (Lipinski definition) is 2. The number of nitrogens with one attached hydrogen (secondary N) is 2. The maximum atomic E-state index is 3.20. The summed E-state index contributed by atoms with van der Waals surface area (Å²) in [6.45, 7) is 3.14. The van der Waals surface area contributed by atoms with Crippen LogP contribution in [0.3, 0.4) is 0 Å². The molecule has 0 aromatic rings. The Bertz CT molecular complexity index is 60.5. The average Bonchev–Trinajstić information content (AvgIpc) is 1.90. The summed E-state index contributed by atoms with van der Waals surface area (Å²) in [5.41, 5.74) is 0. The molecule has 0 aromatic heterocycles. The van der Waals surface area contributed by atoms with Crippen molar-refractivity contribution >= 4 is 0 Å². The van der Waals surface area contributed by atoms with E-state index in [-0.39, 0.29) is 0 Å². The molecule has 2 nitrogen and oxygen atoms in total. The molecule has 0 spiro atoms. The molecule has 0 amide bonds. The van der Waals surface area contributed by atoms with E-state index in [4.69, 9.17) is 0 Å². The van der Waals surface area contributed by atoms with E-state index in [2.05, 4.69) is 16.7 Å². The van der Waals surface area contributed by atoms with Gasteiger partial charge in [-0.15, -0.1) is 0 Å². The van der Waals surface area contributed by atoms with Crippen molar-refractivity contribution in [3.63, 3.8) is 0 Å². The van der Waals surface area contributed by atoms with Crippen molar-refractivity contribution in [1.82, 2.24) is 10.6 Å². The Labute approximate surface area is 43.6 Å². The molecule has 0 atom stereocenters. The number of hydrogen-bond acceptors (Lipinski definition) is 2. The van der Waals surface area contributed by atoms with Gasteiger partial charge >= 0.3 is 0 Å². The molecule has 7 heavy (non-hydrogen) atoms. The molecule has 0 fully saturated rings. The summed E-state index contributed by atoms with van der Waals surface area (Å²) in [7, 11) is 0. The molecular formula is C5H10N2. The van der Waals surface area contributed by atoms with E-state index in [1.54, 1.807) is 0 Å². The second-order valence-electron chi connectivity index (χ2n) is 1.56. The Kier molecular flexibility index (Phi) is 1.75. The van der Waals surface area contributed by atoms with Gasteiger partial charge in [0.25, 0.3) is 0 Å². The molecule has 0 saturated heterocycles. The highest BCUT2D eigenvalue weighted by atomic mass is 14.9. The predicted molar refractivity (Wildman–Crippen MR) is 30.0 cm³/mol. The Hall–Kier alpha value is -0.500. The summed E-state index contributed by atoms with van der Waals surface area (Å²) in [4.78, 5) is 0. The Morgan fingerprint density at radius 2 is 2.29 bits per heavy atom. The van der Waals surface area contributed by atoms with E-state index in [0.717, 1.165) is 19.6 Å². The second kappa shape index (κ2) is 2.64.